The number of hydrogen-bond donors (Lipinski definition) is 0. The van der Waals surface area contributed by atoms with Gasteiger partial charge in [-0.2, -0.15) is 0 Å². The second-order valence-electron chi connectivity index (χ2n) is 7.10. The molecule has 0 atom stereocenters. The average molecular weight is 407 g/mol. The molecule has 3 aromatic heterocycles. The first kappa shape index (κ1) is 18.1. The van der Waals surface area contributed by atoms with Crippen LogP contribution in [0, 0.1) is 0 Å². The quantitative estimate of drug-likeness (QED) is 0.465. The van der Waals surface area contributed by atoms with E-state index < -0.39 is 0 Å². The number of rotatable bonds is 4. The van der Waals surface area contributed by atoms with Crippen LogP contribution in [0.4, 0.5) is 0 Å². The number of benzene rings is 1. The van der Waals surface area contributed by atoms with Crippen LogP contribution in [-0.2, 0) is 19.5 Å². The molecule has 0 N–H and O–H groups in total. The molecule has 1 aliphatic rings. The van der Waals surface area contributed by atoms with Gasteiger partial charge < -0.3 is 9.15 Å². The van der Waals surface area contributed by atoms with Crippen LogP contribution in [0.25, 0.3) is 22.5 Å². The van der Waals surface area contributed by atoms with Gasteiger partial charge >= 0.3 is 0 Å². The molecule has 29 heavy (non-hydrogen) atoms. The minimum Gasteiger partial charge on any atom is -0.497 e. The maximum absolute atomic E-state index is 6.47. The highest BCUT2D eigenvalue weighted by atomic mass is 35.5. The number of pyridine rings is 1. The maximum Gasteiger partial charge on any atom is 0.195 e. The van der Waals surface area contributed by atoms with E-state index in [0.29, 0.717) is 16.7 Å². The van der Waals surface area contributed by atoms with Crippen LogP contribution in [-0.4, -0.2) is 33.5 Å². The molecule has 1 aliphatic heterocycles. The molecule has 0 amide bonds. The molecule has 0 bridgehead atoms. The zero-order chi connectivity index (χ0) is 19.8. The number of hydrogen-bond acceptors (Lipinski definition) is 6. The number of halogens is 1. The van der Waals surface area contributed by atoms with Crippen molar-refractivity contribution in [3.05, 3.63) is 70.8 Å². The van der Waals surface area contributed by atoms with Crippen LogP contribution in [0.15, 0.2) is 53.3 Å². The zero-order valence-corrected chi connectivity index (χ0v) is 16.7. The minimum atomic E-state index is 0.540. The zero-order valence-electron chi connectivity index (χ0n) is 15.9. The maximum atomic E-state index is 6.47. The standard InChI is InChI=1S/C22H19ClN4O2/c1-28-17-4-5-18-14(10-17)9-15(21(23)25-18)12-27-7-6-19-16(13-27)11-24-22(26-19)20-3-2-8-29-20/h2-5,8-11H,6-7,12-13H2,1H3. The Balaban J connectivity index is 1.37. The van der Waals surface area contributed by atoms with Gasteiger partial charge in [-0.1, -0.05) is 11.6 Å². The van der Waals surface area contributed by atoms with Crippen molar-refractivity contribution in [1.82, 2.24) is 19.9 Å². The van der Waals surface area contributed by atoms with Gasteiger partial charge in [0.25, 0.3) is 0 Å². The Morgan fingerprint density at radius 3 is 2.97 bits per heavy atom. The highest BCUT2D eigenvalue weighted by Crippen LogP contribution is 2.27. The molecule has 0 radical (unpaired) electrons. The monoisotopic (exact) mass is 406 g/mol. The lowest BCUT2D eigenvalue weighted by molar-refractivity contribution is 0.243. The Hall–Kier alpha value is -2.96. The summed E-state index contributed by atoms with van der Waals surface area (Å²) < 4.78 is 10.7. The van der Waals surface area contributed by atoms with Crippen molar-refractivity contribution >= 4 is 22.5 Å². The van der Waals surface area contributed by atoms with Crippen molar-refractivity contribution in [2.45, 2.75) is 19.5 Å². The van der Waals surface area contributed by atoms with E-state index in [0.717, 1.165) is 59.5 Å². The van der Waals surface area contributed by atoms with Gasteiger partial charge in [-0.05, 0) is 36.4 Å². The molecule has 0 unspecified atom stereocenters. The summed E-state index contributed by atoms with van der Waals surface area (Å²) in [5.74, 6) is 2.14. The van der Waals surface area contributed by atoms with E-state index in [1.165, 1.54) is 0 Å². The van der Waals surface area contributed by atoms with Gasteiger partial charge in [0.1, 0.15) is 10.9 Å². The van der Waals surface area contributed by atoms with E-state index in [9.17, 15) is 0 Å². The van der Waals surface area contributed by atoms with Gasteiger partial charge in [0, 0.05) is 48.8 Å². The molecule has 7 heteroatoms. The van der Waals surface area contributed by atoms with Gasteiger partial charge in [0.15, 0.2) is 11.6 Å². The van der Waals surface area contributed by atoms with Gasteiger partial charge in [0.2, 0.25) is 0 Å². The third-order valence-corrected chi connectivity index (χ3v) is 5.52. The summed E-state index contributed by atoms with van der Waals surface area (Å²) in [6.07, 6.45) is 4.40. The van der Waals surface area contributed by atoms with Crippen molar-refractivity contribution in [1.29, 1.82) is 0 Å². The summed E-state index contributed by atoms with van der Waals surface area (Å²) in [4.78, 5) is 16.1. The van der Waals surface area contributed by atoms with E-state index in [1.54, 1.807) is 13.4 Å². The van der Waals surface area contributed by atoms with Crippen molar-refractivity contribution in [2.24, 2.45) is 0 Å². The largest absolute Gasteiger partial charge is 0.497 e. The fraction of sp³-hybridized carbons (Fsp3) is 0.227. The summed E-state index contributed by atoms with van der Waals surface area (Å²) in [6.45, 7) is 2.40. The first-order valence-electron chi connectivity index (χ1n) is 9.44. The number of aromatic nitrogens is 3. The predicted molar refractivity (Wildman–Crippen MR) is 111 cm³/mol. The molecule has 0 saturated heterocycles. The first-order valence-corrected chi connectivity index (χ1v) is 9.81. The highest BCUT2D eigenvalue weighted by molar-refractivity contribution is 6.30. The minimum absolute atomic E-state index is 0.540. The molecular weight excluding hydrogens is 388 g/mol. The molecule has 4 aromatic rings. The van der Waals surface area contributed by atoms with Crippen molar-refractivity contribution in [2.75, 3.05) is 13.7 Å². The summed E-state index contributed by atoms with van der Waals surface area (Å²) >= 11 is 6.47. The fourth-order valence-electron chi connectivity index (χ4n) is 3.69. The predicted octanol–water partition coefficient (Wildman–Crippen LogP) is 4.51. The number of ether oxygens (including phenoxy) is 1. The Labute approximate surface area is 173 Å². The van der Waals surface area contributed by atoms with Gasteiger partial charge in [0.05, 0.1) is 24.6 Å². The smallest absolute Gasteiger partial charge is 0.195 e. The lowest BCUT2D eigenvalue weighted by Gasteiger charge is -2.28. The van der Waals surface area contributed by atoms with Crippen LogP contribution in [0.5, 0.6) is 5.75 Å². The van der Waals surface area contributed by atoms with Crippen LogP contribution in [0.2, 0.25) is 5.15 Å². The fourth-order valence-corrected chi connectivity index (χ4v) is 3.89. The van der Waals surface area contributed by atoms with E-state index in [4.69, 9.17) is 25.7 Å². The molecule has 4 heterocycles. The molecule has 6 nitrogen and oxygen atoms in total. The summed E-state index contributed by atoms with van der Waals surface area (Å²) in [5.41, 5.74) is 4.08. The third kappa shape index (κ3) is 3.57. The van der Waals surface area contributed by atoms with Gasteiger partial charge in [-0.25, -0.2) is 15.0 Å². The summed E-state index contributed by atoms with van der Waals surface area (Å²) in [6, 6.07) is 11.6. The molecular formula is C22H19ClN4O2. The van der Waals surface area contributed by atoms with Crippen molar-refractivity contribution in [3.8, 4) is 17.3 Å². The van der Waals surface area contributed by atoms with E-state index >= 15 is 0 Å². The average Bonchev–Trinajstić information content (AvgIpc) is 3.28. The molecule has 0 aliphatic carbocycles. The van der Waals surface area contributed by atoms with Crippen molar-refractivity contribution < 1.29 is 9.15 Å². The van der Waals surface area contributed by atoms with Crippen LogP contribution in [0.3, 0.4) is 0 Å². The molecule has 146 valence electrons. The second kappa shape index (κ2) is 7.46. The lowest BCUT2D eigenvalue weighted by atomic mass is 10.1. The number of furan rings is 1. The number of methoxy groups -OCH3 is 1. The Kier molecular flexibility index (Phi) is 4.66. The molecule has 0 saturated carbocycles. The van der Waals surface area contributed by atoms with E-state index in [1.807, 2.05) is 36.5 Å². The normalized spacial score (nSPS) is 14.1. The van der Waals surface area contributed by atoms with E-state index in [-0.39, 0.29) is 0 Å². The Morgan fingerprint density at radius 1 is 1.21 bits per heavy atom. The topological polar surface area (TPSA) is 64.3 Å². The molecule has 0 spiro atoms. The van der Waals surface area contributed by atoms with Gasteiger partial charge in [-0.3, -0.25) is 4.90 Å². The Bertz CT molecular complexity index is 1180. The Morgan fingerprint density at radius 2 is 2.14 bits per heavy atom. The second-order valence-corrected chi connectivity index (χ2v) is 7.46. The van der Waals surface area contributed by atoms with Crippen LogP contribution >= 0.6 is 11.6 Å². The molecule has 0 fully saturated rings. The molecule has 1 aromatic carbocycles. The van der Waals surface area contributed by atoms with Crippen molar-refractivity contribution in [3.63, 3.8) is 0 Å². The number of fused-ring (bicyclic) bond motifs is 2. The molecule has 5 rings (SSSR count). The summed E-state index contributed by atoms with van der Waals surface area (Å²) in [5, 5.41) is 1.56. The lowest BCUT2D eigenvalue weighted by Crippen LogP contribution is -2.31. The van der Waals surface area contributed by atoms with Gasteiger partial charge in [-0.15, -0.1) is 0 Å². The van der Waals surface area contributed by atoms with E-state index in [2.05, 4.69) is 20.9 Å². The summed E-state index contributed by atoms with van der Waals surface area (Å²) in [7, 11) is 1.66. The van der Waals surface area contributed by atoms with Crippen LogP contribution in [0.1, 0.15) is 16.8 Å². The third-order valence-electron chi connectivity index (χ3n) is 5.20. The SMILES string of the molecule is COc1ccc2nc(Cl)c(CN3CCc4nc(-c5ccco5)ncc4C3)cc2c1. The number of nitrogens with zero attached hydrogens (tertiary/aromatic N) is 4. The first-order chi connectivity index (χ1) is 14.2. The highest BCUT2D eigenvalue weighted by Gasteiger charge is 2.20. The van der Waals surface area contributed by atoms with Crippen LogP contribution < -0.4 is 4.74 Å².